The third-order valence-corrected chi connectivity index (χ3v) is 2.38. The van der Waals surface area contributed by atoms with E-state index in [1.54, 1.807) is 18.6 Å². The maximum absolute atomic E-state index is 8.87. The SMILES string of the molecule is C[Si](C)(C)OC(C#N)c1ccoc1.Cl. The average molecular weight is 232 g/mol. The molecule has 0 aromatic carbocycles. The molecule has 0 fully saturated rings. The second kappa shape index (κ2) is 5.20. The fourth-order valence-electron chi connectivity index (χ4n) is 0.947. The van der Waals surface area contributed by atoms with Crippen molar-refractivity contribution in [1.82, 2.24) is 0 Å². The van der Waals surface area contributed by atoms with E-state index < -0.39 is 14.4 Å². The van der Waals surface area contributed by atoms with Crippen LogP contribution in [0.2, 0.25) is 19.6 Å². The lowest BCUT2D eigenvalue weighted by molar-refractivity contribution is 0.254. The molecule has 0 amide bonds. The molecule has 0 N–H and O–H groups in total. The van der Waals surface area contributed by atoms with E-state index in [1.165, 1.54) is 0 Å². The summed E-state index contributed by atoms with van der Waals surface area (Å²) in [6, 6.07) is 3.87. The lowest BCUT2D eigenvalue weighted by Gasteiger charge is -2.20. The quantitative estimate of drug-likeness (QED) is 0.751. The molecule has 1 heterocycles. The van der Waals surface area contributed by atoms with Crippen molar-refractivity contribution in [2.24, 2.45) is 0 Å². The molecule has 0 spiro atoms. The highest BCUT2D eigenvalue weighted by Crippen LogP contribution is 2.21. The van der Waals surface area contributed by atoms with Crippen LogP contribution in [0.15, 0.2) is 23.0 Å². The number of hydrogen-bond donors (Lipinski definition) is 0. The molecule has 5 heteroatoms. The zero-order valence-electron chi connectivity index (χ0n) is 8.48. The molecule has 0 aliphatic heterocycles. The summed E-state index contributed by atoms with van der Waals surface area (Å²) >= 11 is 0. The highest BCUT2D eigenvalue weighted by molar-refractivity contribution is 6.69. The molecule has 14 heavy (non-hydrogen) atoms. The Hall–Kier alpha value is -0.763. The van der Waals surface area contributed by atoms with Crippen LogP contribution in [-0.4, -0.2) is 8.32 Å². The van der Waals surface area contributed by atoms with Gasteiger partial charge in [-0.05, 0) is 25.7 Å². The molecule has 3 nitrogen and oxygen atoms in total. The van der Waals surface area contributed by atoms with E-state index in [1.807, 2.05) is 0 Å². The van der Waals surface area contributed by atoms with Gasteiger partial charge in [0.15, 0.2) is 14.4 Å². The van der Waals surface area contributed by atoms with E-state index in [2.05, 4.69) is 25.7 Å². The Morgan fingerprint density at radius 3 is 2.50 bits per heavy atom. The first kappa shape index (κ1) is 13.2. The van der Waals surface area contributed by atoms with Crippen molar-refractivity contribution in [3.63, 3.8) is 0 Å². The number of nitrogens with zero attached hydrogens (tertiary/aromatic N) is 1. The van der Waals surface area contributed by atoms with Gasteiger partial charge in [-0.25, -0.2) is 0 Å². The van der Waals surface area contributed by atoms with E-state index in [-0.39, 0.29) is 12.4 Å². The molecule has 78 valence electrons. The Morgan fingerprint density at radius 2 is 2.14 bits per heavy atom. The Kier molecular flexibility index (Phi) is 4.92. The molecule has 1 aromatic heterocycles. The molecular formula is C9H14ClNO2Si. The number of nitriles is 1. The van der Waals surface area contributed by atoms with E-state index in [0.717, 1.165) is 5.56 Å². The minimum Gasteiger partial charge on any atom is -0.472 e. The first-order valence-corrected chi connectivity index (χ1v) is 7.53. The smallest absolute Gasteiger partial charge is 0.186 e. The number of furan rings is 1. The lowest BCUT2D eigenvalue weighted by Crippen LogP contribution is -2.27. The summed E-state index contributed by atoms with van der Waals surface area (Å²) in [6.45, 7) is 6.16. The molecule has 0 aliphatic rings. The lowest BCUT2D eigenvalue weighted by atomic mass is 10.2. The largest absolute Gasteiger partial charge is 0.472 e. The fourth-order valence-corrected chi connectivity index (χ4v) is 1.84. The monoisotopic (exact) mass is 231 g/mol. The van der Waals surface area contributed by atoms with Gasteiger partial charge in [-0.3, -0.25) is 0 Å². The molecule has 1 unspecified atom stereocenters. The van der Waals surface area contributed by atoms with Crippen LogP contribution in [0, 0.1) is 11.3 Å². The van der Waals surface area contributed by atoms with Crippen LogP contribution in [0.25, 0.3) is 0 Å². The first-order valence-electron chi connectivity index (χ1n) is 4.12. The normalized spacial score (nSPS) is 12.7. The first-order chi connectivity index (χ1) is 6.03. The molecule has 1 aromatic rings. The van der Waals surface area contributed by atoms with Gasteiger partial charge < -0.3 is 8.84 Å². The molecule has 0 bridgehead atoms. The van der Waals surface area contributed by atoms with Gasteiger partial charge in [0.05, 0.1) is 18.6 Å². The molecule has 0 radical (unpaired) electrons. The van der Waals surface area contributed by atoms with Crippen LogP contribution in [0.4, 0.5) is 0 Å². The van der Waals surface area contributed by atoms with Crippen LogP contribution in [0.3, 0.4) is 0 Å². The zero-order chi connectivity index (χ0) is 9.90. The summed E-state index contributed by atoms with van der Waals surface area (Å²) in [7, 11) is -1.66. The molecule has 1 rings (SSSR count). The predicted molar refractivity (Wildman–Crippen MR) is 58.7 cm³/mol. The third-order valence-electron chi connectivity index (χ3n) is 1.43. The minimum absolute atomic E-state index is 0. The summed E-state index contributed by atoms with van der Waals surface area (Å²) in [5, 5.41) is 8.87. The highest BCUT2D eigenvalue weighted by Gasteiger charge is 2.22. The van der Waals surface area contributed by atoms with Gasteiger partial charge in [-0.2, -0.15) is 5.26 Å². The van der Waals surface area contributed by atoms with Crippen LogP contribution < -0.4 is 0 Å². The molecule has 1 atom stereocenters. The van der Waals surface area contributed by atoms with E-state index in [9.17, 15) is 0 Å². The summed E-state index contributed by atoms with van der Waals surface area (Å²) < 4.78 is 10.5. The highest BCUT2D eigenvalue weighted by atomic mass is 35.5. The van der Waals surface area contributed by atoms with E-state index in [0.29, 0.717) is 0 Å². The van der Waals surface area contributed by atoms with Gasteiger partial charge in [-0.1, -0.05) is 0 Å². The Labute approximate surface area is 91.2 Å². The van der Waals surface area contributed by atoms with Crippen molar-refractivity contribution < 1.29 is 8.84 Å². The summed E-state index contributed by atoms with van der Waals surface area (Å²) in [5.41, 5.74) is 0.796. The maximum atomic E-state index is 8.87. The van der Waals surface area contributed by atoms with Crippen LogP contribution in [0.5, 0.6) is 0 Å². The number of hydrogen-bond acceptors (Lipinski definition) is 3. The van der Waals surface area contributed by atoms with Crippen molar-refractivity contribution >= 4 is 20.7 Å². The van der Waals surface area contributed by atoms with Gasteiger partial charge in [0.25, 0.3) is 0 Å². The van der Waals surface area contributed by atoms with Gasteiger partial charge in [-0.15, -0.1) is 12.4 Å². The van der Waals surface area contributed by atoms with Gasteiger partial charge >= 0.3 is 0 Å². The Morgan fingerprint density at radius 1 is 1.50 bits per heavy atom. The predicted octanol–water partition coefficient (Wildman–Crippen LogP) is 3.12. The van der Waals surface area contributed by atoms with Gasteiger partial charge in [0.1, 0.15) is 0 Å². The summed E-state index contributed by atoms with van der Waals surface area (Å²) in [5.74, 6) is 0. The van der Waals surface area contributed by atoms with E-state index in [4.69, 9.17) is 14.1 Å². The standard InChI is InChI=1S/C9H13NO2Si.ClH/c1-13(2,3)12-9(6-10)8-4-5-11-7-8;/h4-5,7,9H,1-3H3;1H. The van der Waals surface area contributed by atoms with Crippen LogP contribution in [0.1, 0.15) is 11.7 Å². The van der Waals surface area contributed by atoms with Crippen molar-refractivity contribution in [2.75, 3.05) is 0 Å². The Balaban J connectivity index is 0.00000169. The van der Waals surface area contributed by atoms with Gasteiger partial charge in [0.2, 0.25) is 0 Å². The van der Waals surface area contributed by atoms with Crippen LogP contribution in [-0.2, 0) is 4.43 Å². The number of halogens is 1. The summed E-state index contributed by atoms with van der Waals surface area (Å²) in [6.07, 6.45) is 2.62. The average Bonchev–Trinajstić information content (AvgIpc) is 2.50. The minimum atomic E-state index is -1.66. The van der Waals surface area contributed by atoms with Crippen molar-refractivity contribution in [3.8, 4) is 6.07 Å². The Bertz CT molecular complexity index is 300. The molecular weight excluding hydrogens is 218 g/mol. The number of rotatable bonds is 3. The van der Waals surface area contributed by atoms with Crippen LogP contribution >= 0.6 is 12.4 Å². The zero-order valence-corrected chi connectivity index (χ0v) is 10.3. The van der Waals surface area contributed by atoms with Gasteiger partial charge in [0, 0.05) is 5.56 Å². The second-order valence-electron chi connectivity index (χ2n) is 3.80. The summed E-state index contributed by atoms with van der Waals surface area (Å²) in [4.78, 5) is 0. The molecule has 0 aliphatic carbocycles. The fraction of sp³-hybridized carbons (Fsp3) is 0.444. The third kappa shape index (κ3) is 3.96. The van der Waals surface area contributed by atoms with E-state index >= 15 is 0 Å². The van der Waals surface area contributed by atoms with Crippen molar-refractivity contribution in [1.29, 1.82) is 5.26 Å². The van der Waals surface area contributed by atoms with Crippen molar-refractivity contribution in [3.05, 3.63) is 24.2 Å². The second-order valence-corrected chi connectivity index (χ2v) is 8.26. The van der Waals surface area contributed by atoms with Crippen molar-refractivity contribution in [2.45, 2.75) is 25.7 Å². The molecule has 0 saturated carbocycles. The topological polar surface area (TPSA) is 46.2 Å². The molecule has 0 saturated heterocycles. The maximum Gasteiger partial charge on any atom is 0.186 e.